The lowest BCUT2D eigenvalue weighted by Crippen LogP contribution is -2.39. The number of carbonyl (C=O) groups excluding carboxylic acids is 1. The van der Waals surface area contributed by atoms with E-state index >= 15 is 0 Å². The van der Waals surface area contributed by atoms with E-state index in [4.69, 9.17) is 4.74 Å². The summed E-state index contributed by atoms with van der Waals surface area (Å²) >= 11 is 1.32. The van der Waals surface area contributed by atoms with Crippen molar-refractivity contribution in [3.63, 3.8) is 0 Å². The number of aryl methyl sites for hydroxylation is 2. The Labute approximate surface area is 208 Å². The molecule has 0 amide bonds. The first-order valence-corrected chi connectivity index (χ1v) is 12.5. The molecule has 9 heteroatoms. The molecule has 1 atom stereocenters. The smallest absolute Gasteiger partial charge is 0.338 e. The number of rotatable bonds is 6. The van der Waals surface area contributed by atoms with Crippen LogP contribution in [0.1, 0.15) is 49.3 Å². The molecular formula is C26H31N5O3S. The molecule has 1 aromatic carbocycles. The van der Waals surface area contributed by atoms with Gasteiger partial charge in [0.2, 0.25) is 0 Å². The van der Waals surface area contributed by atoms with E-state index in [0.717, 1.165) is 41.3 Å². The topological polar surface area (TPSA) is 81.7 Å². The molecule has 35 heavy (non-hydrogen) atoms. The van der Waals surface area contributed by atoms with Crippen molar-refractivity contribution in [2.75, 3.05) is 25.1 Å². The lowest BCUT2D eigenvalue weighted by molar-refractivity contribution is -0.136. The highest BCUT2D eigenvalue weighted by atomic mass is 32.1. The quantitative estimate of drug-likeness (QED) is 0.493. The van der Waals surface area contributed by atoms with Gasteiger partial charge in [0.25, 0.3) is 5.56 Å². The van der Waals surface area contributed by atoms with Crippen LogP contribution in [0.25, 0.3) is 6.08 Å². The van der Waals surface area contributed by atoms with Crippen molar-refractivity contribution < 1.29 is 9.53 Å². The molecule has 1 aliphatic heterocycles. The lowest BCUT2D eigenvalue weighted by Gasteiger charge is -2.26. The fraction of sp³-hybridized carbons (Fsp3) is 0.385. The highest BCUT2D eigenvalue weighted by molar-refractivity contribution is 7.07. The summed E-state index contributed by atoms with van der Waals surface area (Å²) in [6.45, 7) is 11.7. The van der Waals surface area contributed by atoms with Crippen molar-refractivity contribution in [1.82, 2.24) is 14.3 Å². The maximum absolute atomic E-state index is 13.7. The zero-order valence-corrected chi connectivity index (χ0v) is 22.1. The Kier molecular flexibility index (Phi) is 6.80. The number of ether oxygens (including phenoxy) is 1. The summed E-state index contributed by atoms with van der Waals surface area (Å²) in [7, 11) is 3.23. The Morgan fingerprint density at radius 1 is 1.17 bits per heavy atom. The van der Waals surface area contributed by atoms with E-state index in [0.29, 0.717) is 20.6 Å². The van der Waals surface area contributed by atoms with Crippen LogP contribution in [-0.2, 0) is 16.6 Å². The monoisotopic (exact) mass is 493 g/mol. The largest absolute Gasteiger partial charge is 0.466 e. The number of hydrogen-bond donors (Lipinski definition) is 0. The van der Waals surface area contributed by atoms with Gasteiger partial charge in [-0.2, -0.15) is 5.10 Å². The van der Waals surface area contributed by atoms with Gasteiger partial charge < -0.3 is 9.64 Å². The summed E-state index contributed by atoms with van der Waals surface area (Å²) in [5.41, 5.74) is 5.40. The fourth-order valence-electron chi connectivity index (χ4n) is 4.59. The molecule has 0 unspecified atom stereocenters. The Bertz CT molecular complexity index is 1490. The number of benzene rings is 1. The minimum Gasteiger partial charge on any atom is -0.466 e. The molecular weight excluding hydrogens is 462 g/mol. The summed E-state index contributed by atoms with van der Waals surface area (Å²) < 4.78 is 9.07. The van der Waals surface area contributed by atoms with Gasteiger partial charge >= 0.3 is 5.97 Å². The normalized spacial score (nSPS) is 15.7. The molecule has 3 heterocycles. The van der Waals surface area contributed by atoms with E-state index in [1.165, 1.54) is 18.4 Å². The number of aromatic nitrogens is 3. The maximum Gasteiger partial charge on any atom is 0.338 e. The summed E-state index contributed by atoms with van der Waals surface area (Å²) in [4.78, 5) is 34.0. The van der Waals surface area contributed by atoms with Gasteiger partial charge in [0, 0.05) is 37.1 Å². The molecule has 0 fully saturated rings. The average molecular weight is 494 g/mol. The van der Waals surface area contributed by atoms with Gasteiger partial charge in [-0.25, -0.2) is 9.79 Å². The van der Waals surface area contributed by atoms with Crippen LogP contribution in [0.5, 0.6) is 0 Å². The zero-order valence-electron chi connectivity index (χ0n) is 21.2. The van der Waals surface area contributed by atoms with Crippen LogP contribution in [0.4, 0.5) is 5.69 Å². The summed E-state index contributed by atoms with van der Waals surface area (Å²) in [5.74, 6) is -0.489. The molecule has 0 radical (unpaired) electrons. The number of anilines is 1. The van der Waals surface area contributed by atoms with Crippen LogP contribution in [0.15, 0.2) is 45.3 Å². The first-order chi connectivity index (χ1) is 16.7. The van der Waals surface area contributed by atoms with Gasteiger partial charge in [0.05, 0.1) is 34.6 Å². The van der Waals surface area contributed by atoms with Crippen LogP contribution < -0.4 is 19.8 Å². The van der Waals surface area contributed by atoms with Crippen LogP contribution in [0, 0.1) is 13.8 Å². The minimum absolute atomic E-state index is 0.192. The summed E-state index contributed by atoms with van der Waals surface area (Å²) in [5, 5.41) is 4.46. The molecule has 8 nitrogen and oxygen atoms in total. The third-order valence-corrected chi connectivity index (χ3v) is 7.59. The molecule has 1 aliphatic rings. The van der Waals surface area contributed by atoms with Crippen LogP contribution in [-0.4, -0.2) is 40.5 Å². The number of carbonyl (C=O) groups is 1. The minimum atomic E-state index is -0.623. The number of allylic oxidation sites excluding steroid dienone is 1. The zero-order chi connectivity index (χ0) is 25.4. The first-order valence-electron chi connectivity index (χ1n) is 11.7. The van der Waals surface area contributed by atoms with Crippen LogP contribution in [0.2, 0.25) is 0 Å². The molecule has 0 spiro atoms. The third kappa shape index (κ3) is 4.25. The number of thiazole rings is 1. The van der Waals surface area contributed by atoms with E-state index < -0.39 is 12.0 Å². The molecule has 0 saturated heterocycles. The predicted octanol–water partition coefficient (Wildman–Crippen LogP) is 2.60. The molecule has 3 aromatic rings. The highest BCUT2D eigenvalue weighted by Crippen LogP contribution is 2.31. The third-order valence-electron chi connectivity index (χ3n) is 6.60. The lowest BCUT2D eigenvalue weighted by atomic mass is 9.95. The molecule has 0 bridgehead atoms. The van der Waals surface area contributed by atoms with E-state index in [2.05, 4.69) is 28.8 Å². The fourth-order valence-corrected chi connectivity index (χ4v) is 5.62. The standard InChI is InChI=1S/C26H31N5O3S/c1-8-30(9-2)19-12-10-18(11-13-19)23-22(25(33)34-7)16(4)27-26-31(23)24(32)21(35-26)14-20-15(3)28-29(6)17(20)5/h10-14,23H,8-9H2,1-7H3/b21-14+/t23-/m0/s1. The Balaban J connectivity index is 1.93. The van der Waals surface area contributed by atoms with Crippen LogP contribution in [0.3, 0.4) is 0 Å². The van der Waals surface area contributed by atoms with Crippen LogP contribution >= 0.6 is 11.3 Å². The Hall–Kier alpha value is -3.46. The second-order valence-corrected chi connectivity index (χ2v) is 9.55. The van der Waals surface area contributed by atoms with Crippen molar-refractivity contribution in [3.8, 4) is 0 Å². The van der Waals surface area contributed by atoms with Gasteiger partial charge in [-0.1, -0.05) is 23.5 Å². The van der Waals surface area contributed by atoms with E-state index in [-0.39, 0.29) is 5.56 Å². The number of methoxy groups -OCH3 is 1. The maximum atomic E-state index is 13.7. The predicted molar refractivity (Wildman–Crippen MR) is 138 cm³/mol. The second kappa shape index (κ2) is 9.65. The molecule has 4 rings (SSSR count). The van der Waals surface area contributed by atoms with Crippen molar-refractivity contribution in [2.24, 2.45) is 12.0 Å². The second-order valence-electron chi connectivity index (χ2n) is 8.55. The van der Waals surface area contributed by atoms with Gasteiger partial charge in [0.15, 0.2) is 4.80 Å². The summed E-state index contributed by atoms with van der Waals surface area (Å²) in [6, 6.07) is 7.40. The molecule has 0 saturated carbocycles. The Morgan fingerprint density at radius 2 is 1.83 bits per heavy atom. The number of esters is 1. The number of fused-ring (bicyclic) bond motifs is 1. The van der Waals surface area contributed by atoms with Gasteiger partial charge in [-0.15, -0.1) is 0 Å². The van der Waals surface area contributed by atoms with E-state index in [9.17, 15) is 9.59 Å². The SMILES string of the molecule is CCN(CC)c1ccc([C@H]2C(C(=O)OC)=C(C)N=c3s/c(=C/c4c(C)nn(C)c4C)c(=O)n32)cc1. The molecule has 2 aromatic heterocycles. The van der Waals surface area contributed by atoms with Crippen molar-refractivity contribution in [1.29, 1.82) is 0 Å². The van der Waals surface area contributed by atoms with Gasteiger partial charge in [-0.05, 0) is 58.4 Å². The van der Waals surface area contributed by atoms with Crippen molar-refractivity contribution >= 4 is 29.1 Å². The van der Waals surface area contributed by atoms with Gasteiger partial charge in [-0.3, -0.25) is 14.0 Å². The van der Waals surface area contributed by atoms with E-state index in [1.54, 1.807) is 16.2 Å². The van der Waals surface area contributed by atoms with Crippen molar-refractivity contribution in [2.45, 2.75) is 40.7 Å². The molecule has 0 N–H and O–H groups in total. The van der Waals surface area contributed by atoms with Crippen molar-refractivity contribution in [3.05, 3.63) is 77.7 Å². The first kappa shape index (κ1) is 24.7. The highest BCUT2D eigenvalue weighted by Gasteiger charge is 2.33. The van der Waals surface area contributed by atoms with E-state index in [1.807, 2.05) is 51.2 Å². The number of hydrogen-bond acceptors (Lipinski definition) is 7. The Morgan fingerprint density at radius 3 is 2.37 bits per heavy atom. The summed E-state index contributed by atoms with van der Waals surface area (Å²) in [6.07, 6.45) is 1.87. The molecule has 0 aliphatic carbocycles. The number of nitrogens with zero attached hydrogens (tertiary/aromatic N) is 5. The molecule has 184 valence electrons. The average Bonchev–Trinajstić information content (AvgIpc) is 3.28. The van der Waals surface area contributed by atoms with Gasteiger partial charge in [0.1, 0.15) is 0 Å².